The molecule has 3 saturated heterocycles. The summed E-state index contributed by atoms with van der Waals surface area (Å²) in [5.74, 6) is 0.748. The third-order valence-corrected chi connectivity index (χ3v) is 7.69. The minimum Gasteiger partial charge on any atom is -0.481 e. The van der Waals surface area contributed by atoms with Gasteiger partial charge in [0.25, 0.3) is 0 Å². The highest BCUT2D eigenvalue weighted by Crippen LogP contribution is 2.49. The van der Waals surface area contributed by atoms with Crippen LogP contribution in [0.1, 0.15) is 80.1 Å². The van der Waals surface area contributed by atoms with Gasteiger partial charge in [-0.3, -0.25) is 4.79 Å². The molecule has 162 valence electrons. The van der Waals surface area contributed by atoms with E-state index in [1.807, 2.05) is 0 Å². The van der Waals surface area contributed by atoms with Crippen LogP contribution in [0.25, 0.3) is 0 Å². The van der Waals surface area contributed by atoms with Gasteiger partial charge in [-0.25, -0.2) is 0 Å². The normalized spacial score (nSPS) is 45.6. The number of ether oxygens (including phenoxy) is 3. The molecule has 0 aromatic rings. The molecule has 28 heavy (non-hydrogen) atoms. The minimum absolute atomic E-state index is 0.0458. The molecule has 1 spiro atoms. The fourth-order valence-electron chi connectivity index (χ4n) is 5.66. The summed E-state index contributed by atoms with van der Waals surface area (Å²) in [4.78, 5) is 11.3. The fraction of sp³-hybridized carbons (Fsp3) is 0.957. The van der Waals surface area contributed by atoms with Crippen molar-refractivity contribution in [1.82, 2.24) is 0 Å². The zero-order valence-corrected chi connectivity index (χ0v) is 18.5. The van der Waals surface area contributed by atoms with Crippen LogP contribution in [0.2, 0.25) is 0 Å². The molecule has 3 fully saturated rings. The van der Waals surface area contributed by atoms with Gasteiger partial charge in [-0.1, -0.05) is 48.0 Å². The molecule has 3 heterocycles. The summed E-state index contributed by atoms with van der Waals surface area (Å²) >= 11 is 0. The predicted molar refractivity (Wildman–Crippen MR) is 108 cm³/mol. The second kappa shape index (κ2) is 8.61. The van der Waals surface area contributed by atoms with Crippen molar-refractivity contribution in [3.8, 4) is 0 Å². The molecule has 0 aromatic heterocycles. The molecule has 0 aromatic carbocycles. The number of fused-ring (bicyclic) bond motifs is 1. The van der Waals surface area contributed by atoms with E-state index in [2.05, 4.69) is 41.5 Å². The van der Waals surface area contributed by atoms with Gasteiger partial charge >= 0.3 is 5.97 Å². The number of carbonyl (C=O) groups is 1. The van der Waals surface area contributed by atoms with Crippen molar-refractivity contribution in [2.75, 3.05) is 0 Å². The molecule has 0 radical (unpaired) electrons. The molecule has 10 atom stereocenters. The van der Waals surface area contributed by atoms with Crippen LogP contribution in [-0.2, 0) is 19.0 Å². The van der Waals surface area contributed by atoms with E-state index in [4.69, 9.17) is 14.2 Å². The number of hydrogen-bond donors (Lipinski definition) is 1. The molecular weight excluding hydrogens is 356 g/mol. The predicted octanol–water partition coefficient (Wildman–Crippen LogP) is 4.87. The van der Waals surface area contributed by atoms with E-state index in [9.17, 15) is 9.90 Å². The Bertz CT molecular complexity index is 551. The maximum Gasteiger partial charge on any atom is 0.305 e. The Kier molecular flexibility index (Phi) is 6.78. The van der Waals surface area contributed by atoms with Gasteiger partial charge in [0, 0.05) is 19.3 Å². The first-order valence-electron chi connectivity index (χ1n) is 11.4. The molecule has 1 N–H and O–H groups in total. The van der Waals surface area contributed by atoms with Crippen LogP contribution in [0.5, 0.6) is 0 Å². The Balaban J connectivity index is 1.70. The first kappa shape index (κ1) is 22.0. The third-order valence-electron chi connectivity index (χ3n) is 7.69. The van der Waals surface area contributed by atoms with E-state index in [0.717, 1.165) is 19.3 Å². The Hall–Kier alpha value is -0.650. The molecule has 3 aliphatic rings. The number of carboxylic acids is 1. The fourth-order valence-corrected chi connectivity index (χ4v) is 5.66. The minimum atomic E-state index is -0.800. The summed E-state index contributed by atoms with van der Waals surface area (Å²) in [5.41, 5.74) is 0. The van der Waals surface area contributed by atoms with Gasteiger partial charge in [0.05, 0.1) is 30.8 Å². The van der Waals surface area contributed by atoms with Gasteiger partial charge in [0.2, 0.25) is 0 Å². The summed E-state index contributed by atoms with van der Waals surface area (Å²) in [5, 5.41) is 9.31. The second-order valence-corrected chi connectivity index (χ2v) is 10.1. The number of carboxylic acid groups (broad SMARTS) is 1. The molecule has 5 heteroatoms. The lowest BCUT2D eigenvalue weighted by Crippen LogP contribution is -2.57. The SMILES string of the molecule is CC[C@H](C)C[C@H](C)[C@@H]1C[C@@H]2O[C@]3(C[C@H](C)[C@H](C)[C@H](CC(=O)O)O3)C[C@H](C)[C@@H]2O1. The first-order chi connectivity index (χ1) is 13.1. The van der Waals surface area contributed by atoms with Crippen LogP contribution in [0.3, 0.4) is 0 Å². The summed E-state index contributed by atoms with van der Waals surface area (Å²) in [6.45, 7) is 13.4. The quantitative estimate of drug-likeness (QED) is 0.694. The zero-order chi connectivity index (χ0) is 20.6. The Labute approximate surface area is 170 Å². The molecule has 3 rings (SSSR count). The van der Waals surface area contributed by atoms with Crippen molar-refractivity contribution in [3.05, 3.63) is 0 Å². The molecule has 0 amide bonds. The Morgan fingerprint density at radius 3 is 2.46 bits per heavy atom. The van der Waals surface area contributed by atoms with E-state index >= 15 is 0 Å². The maximum absolute atomic E-state index is 11.3. The van der Waals surface area contributed by atoms with Gasteiger partial charge in [-0.15, -0.1) is 0 Å². The van der Waals surface area contributed by atoms with E-state index in [-0.39, 0.29) is 36.8 Å². The number of rotatable bonds is 6. The van der Waals surface area contributed by atoms with Crippen LogP contribution in [0.4, 0.5) is 0 Å². The molecule has 5 nitrogen and oxygen atoms in total. The van der Waals surface area contributed by atoms with Crippen molar-refractivity contribution < 1.29 is 24.1 Å². The molecule has 0 aliphatic carbocycles. The lowest BCUT2D eigenvalue weighted by atomic mass is 9.76. The summed E-state index contributed by atoms with van der Waals surface area (Å²) < 4.78 is 19.5. The lowest BCUT2D eigenvalue weighted by molar-refractivity contribution is -0.346. The van der Waals surface area contributed by atoms with Crippen LogP contribution >= 0.6 is 0 Å². The molecule has 0 saturated carbocycles. The standard InChI is InChI=1S/C23H40O5/c1-7-13(2)8-14(3)18-9-20-22(26-18)16(5)12-23(28-20)11-15(4)17(6)19(27-23)10-21(24)25/h13-20,22H,7-12H2,1-6H3,(H,24,25)/t13-,14-,15-,16-,17-,18-,19-,20-,22-,23+/m0/s1. The average Bonchev–Trinajstić information content (AvgIpc) is 3.03. The van der Waals surface area contributed by atoms with Crippen LogP contribution in [0, 0.1) is 29.6 Å². The highest BCUT2D eigenvalue weighted by atomic mass is 16.7. The second-order valence-electron chi connectivity index (χ2n) is 10.1. The van der Waals surface area contributed by atoms with E-state index in [1.54, 1.807) is 0 Å². The van der Waals surface area contributed by atoms with Crippen LogP contribution in [-0.4, -0.2) is 41.3 Å². The highest BCUT2D eigenvalue weighted by molar-refractivity contribution is 5.67. The van der Waals surface area contributed by atoms with Gasteiger partial charge in [0.1, 0.15) is 0 Å². The van der Waals surface area contributed by atoms with Crippen LogP contribution in [0.15, 0.2) is 0 Å². The van der Waals surface area contributed by atoms with Crippen molar-refractivity contribution in [3.63, 3.8) is 0 Å². The average molecular weight is 397 g/mol. The topological polar surface area (TPSA) is 65.0 Å². The van der Waals surface area contributed by atoms with Gasteiger partial charge in [0.15, 0.2) is 5.79 Å². The molecule has 3 aliphatic heterocycles. The number of aliphatic carboxylic acids is 1. The van der Waals surface area contributed by atoms with Crippen molar-refractivity contribution >= 4 is 5.97 Å². The van der Waals surface area contributed by atoms with Crippen molar-refractivity contribution in [1.29, 1.82) is 0 Å². The summed E-state index contributed by atoms with van der Waals surface area (Å²) in [7, 11) is 0. The highest BCUT2D eigenvalue weighted by Gasteiger charge is 2.55. The Morgan fingerprint density at radius 1 is 1.14 bits per heavy atom. The maximum atomic E-state index is 11.3. The third kappa shape index (κ3) is 4.57. The van der Waals surface area contributed by atoms with E-state index in [1.165, 1.54) is 12.8 Å². The van der Waals surface area contributed by atoms with Gasteiger partial charge in [-0.2, -0.15) is 0 Å². The molecule has 0 bridgehead atoms. The lowest BCUT2D eigenvalue weighted by Gasteiger charge is -2.52. The van der Waals surface area contributed by atoms with Crippen molar-refractivity contribution in [2.45, 2.75) is 110 Å². The number of hydrogen-bond acceptors (Lipinski definition) is 4. The largest absolute Gasteiger partial charge is 0.481 e. The van der Waals surface area contributed by atoms with E-state index in [0.29, 0.717) is 23.7 Å². The zero-order valence-electron chi connectivity index (χ0n) is 18.5. The molecular formula is C23H40O5. The van der Waals surface area contributed by atoms with E-state index < -0.39 is 11.8 Å². The van der Waals surface area contributed by atoms with Gasteiger partial charge in [-0.05, 0) is 36.0 Å². The molecule has 0 unspecified atom stereocenters. The smallest absolute Gasteiger partial charge is 0.305 e. The summed E-state index contributed by atoms with van der Waals surface area (Å²) in [6.07, 6.45) is 5.13. The van der Waals surface area contributed by atoms with Gasteiger partial charge < -0.3 is 19.3 Å². The summed E-state index contributed by atoms with van der Waals surface area (Å²) in [6, 6.07) is 0. The van der Waals surface area contributed by atoms with Crippen LogP contribution < -0.4 is 0 Å². The van der Waals surface area contributed by atoms with Crippen molar-refractivity contribution in [2.24, 2.45) is 29.6 Å². The monoisotopic (exact) mass is 396 g/mol. The first-order valence-corrected chi connectivity index (χ1v) is 11.4. The Morgan fingerprint density at radius 2 is 1.82 bits per heavy atom.